The van der Waals surface area contributed by atoms with Gasteiger partial charge in [0.15, 0.2) is 5.82 Å². The fraction of sp³-hybridized carbons (Fsp3) is 0.182. The SMILES string of the molecule is CCc1nc(N)nc(-c2ccc(F)cc2Cl)n1. The van der Waals surface area contributed by atoms with Crippen molar-refractivity contribution in [1.82, 2.24) is 15.0 Å². The van der Waals surface area contributed by atoms with E-state index in [2.05, 4.69) is 15.0 Å². The first-order valence-corrected chi connectivity index (χ1v) is 5.43. The van der Waals surface area contributed by atoms with Gasteiger partial charge in [-0.3, -0.25) is 0 Å². The summed E-state index contributed by atoms with van der Waals surface area (Å²) in [5.41, 5.74) is 6.11. The maximum Gasteiger partial charge on any atom is 0.223 e. The van der Waals surface area contributed by atoms with Crippen LogP contribution in [0.15, 0.2) is 18.2 Å². The third-order valence-corrected chi connectivity index (χ3v) is 2.50. The zero-order valence-corrected chi connectivity index (χ0v) is 9.87. The average molecular weight is 253 g/mol. The maximum absolute atomic E-state index is 12.9. The van der Waals surface area contributed by atoms with Crippen LogP contribution in [0.2, 0.25) is 5.02 Å². The highest BCUT2D eigenvalue weighted by Gasteiger charge is 2.10. The van der Waals surface area contributed by atoms with Crippen LogP contribution in [0.25, 0.3) is 11.4 Å². The summed E-state index contributed by atoms with van der Waals surface area (Å²) in [5.74, 6) is 0.663. The molecule has 0 unspecified atom stereocenters. The molecule has 0 amide bonds. The van der Waals surface area contributed by atoms with Crippen molar-refractivity contribution in [3.8, 4) is 11.4 Å². The Hall–Kier alpha value is -1.75. The van der Waals surface area contributed by atoms with Crippen molar-refractivity contribution in [2.75, 3.05) is 5.73 Å². The standard InChI is InChI=1S/C11H10ClFN4/c1-2-9-15-10(17-11(14)16-9)7-4-3-6(13)5-8(7)12/h3-5H,2H2,1H3,(H2,14,15,16,17). The molecule has 0 aliphatic heterocycles. The van der Waals surface area contributed by atoms with Gasteiger partial charge in [0.1, 0.15) is 11.6 Å². The Labute approximate surface area is 103 Å². The monoisotopic (exact) mass is 252 g/mol. The Balaban J connectivity index is 2.55. The van der Waals surface area contributed by atoms with Gasteiger partial charge in [-0.15, -0.1) is 0 Å². The number of nitrogens with zero attached hydrogens (tertiary/aromatic N) is 3. The second-order valence-corrected chi connectivity index (χ2v) is 3.82. The van der Waals surface area contributed by atoms with E-state index in [0.717, 1.165) is 0 Å². The van der Waals surface area contributed by atoms with Gasteiger partial charge in [-0.05, 0) is 18.2 Å². The van der Waals surface area contributed by atoms with Gasteiger partial charge in [0.05, 0.1) is 5.02 Å². The second kappa shape index (κ2) is 4.63. The topological polar surface area (TPSA) is 64.7 Å². The first-order valence-electron chi connectivity index (χ1n) is 5.06. The molecule has 0 aliphatic rings. The molecule has 0 aliphatic carbocycles. The smallest absolute Gasteiger partial charge is 0.223 e. The molecule has 2 rings (SSSR count). The Kier molecular flexibility index (Phi) is 3.19. The highest BCUT2D eigenvalue weighted by Crippen LogP contribution is 2.26. The molecule has 1 aromatic heterocycles. The average Bonchev–Trinajstić information content (AvgIpc) is 2.28. The van der Waals surface area contributed by atoms with E-state index < -0.39 is 5.82 Å². The molecule has 0 fully saturated rings. The number of rotatable bonds is 2. The molecule has 2 aromatic rings. The van der Waals surface area contributed by atoms with E-state index in [9.17, 15) is 4.39 Å². The highest BCUT2D eigenvalue weighted by atomic mass is 35.5. The molecule has 1 aromatic carbocycles. The van der Waals surface area contributed by atoms with Crippen LogP contribution >= 0.6 is 11.6 Å². The van der Waals surface area contributed by atoms with Gasteiger partial charge in [0, 0.05) is 12.0 Å². The van der Waals surface area contributed by atoms with Gasteiger partial charge in [0.25, 0.3) is 0 Å². The predicted octanol–water partition coefficient (Wildman–Crippen LogP) is 2.48. The van der Waals surface area contributed by atoms with E-state index in [0.29, 0.717) is 23.6 Å². The van der Waals surface area contributed by atoms with E-state index >= 15 is 0 Å². The summed E-state index contributed by atoms with van der Waals surface area (Å²) in [7, 11) is 0. The fourth-order valence-electron chi connectivity index (χ4n) is 1.39. The van der Waals surface area contributed by atoms with E-state index in [-0.39, 0.29) is 11.0 Å². The van der Waals surface area contributed by atoms with Crippen molar-refractivity contribution in [1.29, 1.82) is 0 Å². The minimum Gasteiger partial charge on any atom is -0.368 e. The van der Waals surface area contributed by atoms with Crippen LogP contribution in [0.4, 0.5) is 10.3 Å². The summed E-state index contributed by atoms with van der Waals surface area (Å²) in [5, 5.41) is 0.248. The molecule has 2 N–H and O–H groups in total. The summed E-state index contributed by atoms with van der Waals surface area (Å²) >= 11 is 5.93. The lowest BCUT2D eigenvalue weighted by molar-refractivity contribution is 0.628. The van der Waals surface area contributed by atoms with Crippen molar-refractivity contribution >= 4 is 17.5 Å². The van der Waals surface area contributed by atoms with Crippen molar-refractivity contribution < 1.29 is 4.39 Å². The summed E-state index contributed by atoms with van der Waals surface area (Å²) in [6.45, 7) is 1.91. The van der Waals surface area contributed by atoms with Crippen LogP contribution in [0.1, 0.15) is 12.7 Å². The molecular weight excluding hydrogens is 243 g/mol. The van der Waals surface area contributed by atoms with Crippen LogP contribution in [0.3, 0.4) is 0 Å². The zero-order valence-electron chi connectivity index (χ0n) is 9.11. The first-order chi connectivity index (χ1) is 8.10. The summed E-state index contributed by atoms with van der Waals surface area (Å²) < 4.78 is 12.9. The number of hydrogen-bond donors (Lipinski definition) is 1. The van der Waals surface area contributed by atoms with Crippen LogP contribution in [0, 0.1) is 5.82 Å². The van der Waals surface area contributed by atoms with Crippen LogP contribution < -0.4 is 5.73 Å². The minimum absolute atomic E-state index is 0.132. The van der Waals surface area contributed by atoms with Gasteiger partial charge in [0.2, 0.25) is 5.95 Å². The van der Waals surface area contributed by atoms with E-state index in [1.54, 1.807) is 0 Å². The Morgan fingerprint density at radius 3 is 2.71 bits per heavy atom. The third-order valence-electron chi connectivity index (χ3n) is 2.19. The molecule has 4 nitrogen and oxygen atoms in total. The van der Waals surface area contributed by atoms with Crippen molar-refractivity contribution in [2.45, 2.75) is 13.3 Å². The molecule has 88 valence electrons. The molecule has 0 spiro atoms. The molecule has 0 radical (unpaired) electrons. The number of benzene rings is 1. The van der Waals surface area contributed by atoms with Crippen LogP contribution in [-0.4, -0.2) is 15.0 Å². The number of nitrogens with two attached hydrogens (primary N) is 1. The lowest BCUT2D eigenvalue weighted by atomic mass is 10.2. The molecule has 0 bridgehead atoms. The zero-order chi connectivity index (χ0) is 12.4. The minimum atomic E-state index is -0.406. The maximum atomic E-state index is 12.9. The van der Waals surface area contributed by atoms with Crippen molar-refractivity contribution in [3.05, 3.63) is 34.9 Å². The van der Waals surface area contributed by atoms with E-state index in [1.165, 1.54) is 18.2 Å². The van der Waals surface area contributed by atoms with Crippen LogP contribution in [0.5, 0.6) is 0 Å². The number of hydrogen-bond acceptors (Lipinski definition) is 4. The van der Waals surface area contributed by atoms with Gasteiger partial charge in [-0.2, -0.15) is 9.97 Å². The third kappa shape index (κ3) is 2.50. The number of aryl methyl sites for hydroxylation is 1. The molecule has 0 saturated carbocycles. The Bertz CT molecular complexity index is 559. The summed E-state index contributed by atoms with van der Waals surface area (Å²) in [6.07, 6.45) is 0.637. The van der Waals surface area contributed by atoms with Crippen LogP contribution in [-0.2, 0) is 6.42 Å². The Morgan fingerprint density at radius 1 is 1.29 bits per heavy atom. The Morgan fingerprint density at radius 2 is 2.06 bits per heavy atom. The highest BCUT2D eigenvalue weighted by molar-refractivity contribution is 6.33. The predicted molar refractivity (Wildman–Crippen MR) is 64.0 cm³/mol. The lowest BCUT2D eigenvalue weighted by Gasteiger charge is -2.05. The van der Waals surface area contributed by atoms with Gasteiger partial charge < -0.3 is 5.73 Å². The molecule has 0 saturated heterocycles. The van der Waals surface area contributed by atoms with Gasteiger partial charge in [-0.25, -0.2) is 9.37 Å². The molecule has 1 heterocycles. The summed E-state index contributed by atoms with van der Waals surface area (Å²) in [4.78, 5) is 12.2. The number of anilines is 1. The molecule has 6 heteroatoms. The summed E-state index contributed by atoms with van der Waals surface area (Å²) in [6, 6.07) is 4.03. The number of halogens is 2. The number of nitrogen functional groups attached to an aromatic ring is 1. The second-order valence-electron chi connectivity index (χ2n) is 3.41. The quantitative estimate of drug-likeness (QED) is 0.892. The van der Waals surface area contributed by atoms with Crippen molar-refractivity contribution in [3.63, 3.8) is 0 Å². The van der Waals surface area contributed by atoms with E-state index in [4.69, 9.17) is 17.3 Å². The first kappa shape index (κ1) is 11.7. The fourth-order valence-corrected chi connectivity index (χ4v) is 1.64. The molecule has 0 atom stereocenters. The van der Waals surface area contributed by atoms with Crippen molar-refractivity contribution in [2.24, 2.45) is 0 Å². The largest absolute Gasteiger partial charge is 0.368 e. The van der Waals surface area contributed by atoms with E-state index in [1.807, 2.05) is 6.92 Å². The lowest BCUT2D eigenvalue weighted by Crippen LogP contribution is -2.04. The molecular formula is C11H10ClFN4. The van der Waals surface area contributed by atoms with Gasteiger partial charge in [-0.1, -0.05) is 18.5 Å². The normalized spacial score (nSPS) is 10.5. The van der Waals surface area contributed by atoms with Gasteiger partial charge >= 0.3 is 0 Å². The number of aromatic nitrogens is 3. The molecule has 17 heavy (non-hydrogen) atoms.